The third-order valence-electron chi connectivity index (χ3n) is 1.50. The standard InChI is InChI=1S/C8H7NO5/c1-14-8(13)5-2-4(7(11)12)3-6(10)9-5/h2-3H,1H3,(H,9,10)(H,11,12). The molecule has 14 heavy (non-hydrogen) atoms. The summed E-state index contributed by atoms with van der Waals surface area (Å²) in [5, 5.41) is 8.58. The predicted molar refractivity (Wildman–Crippen MR) is 45.4 cm³/mol. The number of hydrogen-bond donors (Lipinski definition) is 2. The van der Waals surface area contributed by atoms with Crippen molar-refractivity contribution in [1.82, 2.24) is 4.98 Å². The van der Waals surface area contributed by atoms with Gasteiger partial charge in [-0.3, -0.25) is 4.79 Å². The lowest BCUT2D eigenvalue weighted by molar-refractivity contribution is 0.0593. The molecule has 0 aromatic carbocycles. The first kappa shape index (κ1) is 9.97. The van der Waals surface area contributed by atoms with Gasteiger partial charge in [-0.05, 0) is 6.07 Å². The molecule has 0 saturated carbocycles. The van der Waals surface area contributed by atoms with Crippen molar-refractivity contribution < 1.29 is 19.4 Å². The van der Waals surface area contributed by atoms with Crippen LogP contribution in [0.2, 0.25) is 0 Å². The Morgan fingerprint density at radius 1 is 1.43 bits per heavy atom. The van der Waals surface area contributed by atoms with Crippen LogP contribution in [0, 0.1) is 0 Å². The molecule has 0 saturated heterocycles. The lowest BCUT2D eigenvalue weighted by Gasteiger charge is -1.99. The topological polar surface area (TPSA) is 96.5 Å². The van der Waals surface area contributed by atoms with Crippen molar-refractivity contribution in [2.45, 2.75) is 0 Å². The lowest BCUT2D eigenvalue weighted by atomic mass is 10.2. The first-order valence-corrected chi connectivity index (χ1v) is 3.60. The molecular formula is C8H7NO5. The highest BCUT2D eigenvalue weighted by Crippen LogP contribution is 2.00. The number of carbonyl (C=O) groups is 2. The van der Waals surface area contributed by atoms with Crippen LogP contribution in [-0.4, -0.2) is 29.1 Å². The number of carbonyl (C=O) groups excluding carboxylic acids is 1. The highest BCUT2D eigenvalue weighted by Gasteiger charge is 2.11. The minimum atomic E-state index is -1.28. The number of H-pyrrole nitrogens is 1. The lowest BCUT2D eigenvalue weighted by Crippen LogP contribution is -2.16. The number of methoxy groups -OCH3 is 1. The van der Waals surface area contributed by atoms with Gasteiger partial charge in [0.15, 0.2) is 0 Å². The fourth-order valence-electron chi connectivity index (χ4n) is 0.887. The molecule has 6 nitrogen and oxygen atoms in total. The van der Waals surface area contributed by atoms with Crippen molar-refractivity contribution in [3.63, 3.8) is 0 Å². The van der Waals surface area contributed by atoms with E-state index in [0.717, 1.165) is 19.2 Å². The van der Waals surface area contributed by atoms with Crippen LogP contribution in [0.25, 0.3) is 0 Å². The van der Waals surface area contributed by atoms with Crippen molar-refractivity contribution in [1.29, 1.82) is 0 Å². The van der Waals surface area contributed by atoms with E-state index in [-0.39, 0.29) is 11.3 Å². The third-order valence-corrected chi connectivity index (χ3v) is 1.50. The molecule has 74 valence electrons. The summed E-state index contributed by atoms with van der Waals surface area (Å²) in [6.07, 6.45) is 0. The normalized spacial score (nSPS) is 9.50. The van der Waals surface area contributed by atoms with Gasteiger partial charge in [-0.2, -0.15) is 0 Å². The first-order valence-electron chi connectivity index (χ1n) is 3.60. The van der Waals surface area contributed by atoms with Gasteiger partial charge in [-0.1, -0.05) is 0 Å². The number of aromatic nitrogens is 1. The van der Waals surface area contributed by atoms with E-state index < -0.39 is 17.5 Å². The van der Waals surface area contributed by atoms with E-state index >= 15 is 0 Å². The Balaban J connectivity index is 3.27. The van der Waals surface area contributed by atoms with Crippen LogP contribution in [0.3, 0.4) is 0 Å². The summed E-state index contributed by atoms with van der Waals surface area (Å²) in [7, 11) is 1.13. The Morgan fingerprint density at radius 2 is 2.07 bits per heavy atom. The Kier molecular flexibility index (Phi) is 2.66. The molecule has 0 bridgehead atoms. The van der Waals surface area contributed by atoms with Gasteiger partial charge in [0.05, 0.1) is 12.7 Å². The Morgan fingerprint density at radius 3 is 2.57 bits per heavy atom. The Labute approximate surface area is 78.1 Å². The number of esters is 1. The van der Waals surface area contributed by atoms with E-state index in [9.17, 15) is 14.4 Å². The maximum Gasteiger partial charge on any atom is 0.354 e. The SMILES string of the molecule is COC(=O)c1cc(C(=O)O)cc(=O)[nH]1. The second-order valence-corrected chi connectivity index (χ2v) is 2.44. The summed E-state index contributed by atoms with van der Waals surface area (Å²) in [4.78, 5) is 34.5. The minimum absolute atomic E-state index is 0.183. The molecule has 0 amide bonds. The Bertz CT molecular complexity index is 434. The zero-order chi connectivity index (χ0) is 10.7. The molecule has 1 rings (SSSR count). The summed E-state index contributed by atoms with van der Waals surface area (Å²) < 4.78 is 4.32. The maximum atomic E-state index is 11.0. The molecule has 1 aromatic heterocycles. The zero-order valence-corrected chi connectivity index (χ0v) is 7.23. The maximum absolute atomic E-state index is 11.0. The minimum Gasteiger partial charge on any atom is -0.478 e. The van der Waals surface area contributed by atoms with Crippen LogP contribution in [0.4, 0.5) is 0 Å². The molecule has 0 spiro atoms. The van der Waals surface area contributed by atoms with E-state index in [1.807, 2.05) is 0 Å². The number of ether oxygens (including phenoxy) is 1. The average molecular weight is 197 g/mol. The molecule has 2 N–H and O–H groups in total. The molecule has 6 heteroatoms. The van der Waals surface area contributed by atoms with E-state index in [1.165, 1.54) is 0 Å². The van der Waals surface area contributed by atoms with Crippen LogP contribution in [0.15, 0.2) is 16.9 Å². The van der Waals surface area contributed by atoms with Crippen molar-refractivity contribution in [2.24, 2.45) is 0 Å². The molecule has 1 heterocycles. The summed E-state index contributed by atoms with van der Waals surface area (Å²) in [6, 6.07) is 1.92. The van der Waals surface area contributed by atoms with Crippen LogP contribution in [0.1, 0.15) is 20.8 Å². The number of nitrogens with one attached hydrogen (secondary N) is 1. The van der Waals surface area contributed by atoms with Crippen molar-refractivity contribution in [3.05, 3.63) is 33.7 Å². The van der Waals surface area contributed by atoms with E-state index in [0.29, 0.717) is 0 Å². The molecule has 1 aromatic rings. The Hall–Kier alpha value is -2.11. The number of carboxylic acid groups (broad SMARTS) is 1. The summed E-state index contributed by atoms with van der Waals surface area (Å²) in [5.74, 6) is -2.06. The number of carboxylic acids is 1. The van der Waals surface area contributed by atoms with Crippen LogP contribution >= 0.6 is 0 Å². The zero-order valence-electron chi connectivity index (χ0n) is 7.23. The average Bonchev–Trinajstić information content (AvgIpc) is 2.15. The predicted octanol–water partition coefficient (Wildman–Crippen LogP) is -0.140. The van der Waals surface area contributed by atoms with Crippen LogP contribution in [-0.2, 0) is 4.74 Å². The second kappa shape index (κ2) is 3.73. The molecule has 0 fully saturated rings. The molecular weight excluding hydrogens is 190 g/mol. The van der Waals surface area contributed by atoms with Gasteiger partial charge in [-0.25, -0.2) is 9.59 Å². The number of hydrogen-bond acceptors (Lipinski definition) is 4. The molecule has 0 unspecified atom stereocenters. The number of rotatable bonds is 2. The van der Waals surface area contributed by atoms with Crippen LogP contribution in [0.5, 0.6) is 0 Å². The van der Waals surface area contributed by atoms with Gasteiger partial charge in [0.2, 0.25) is 5.56 Å². The third kappa shape index (κ3) is 1.98. The second-order valence-electron chi connectivity index (χ2n) is 2.44. The van der Waals surface area contributed by atoms with E-state index in [2.05, 4.69) is 9.72 Å². The highest BCUT2D eigenvalue weighted by molar-refractivity contribution is 5.92. The fraction of sp³-hybridized carbons (Fsp3) is 0.125. The quantitative estimate of drug-likeness (QED) is 0.643. The molecule has 0 aliphatic carbocycles. The largest absolute Gasteiger partial charge is 0.478 e. The van der Waals surface area contributed by atoms with Gasteiger partial charge in [-0.15, -0.1) is 0 Å². The van der Waals surface area contributed by atoms with E-state index in [4.69, 9.17) is 5.11 Å². The van der Waals surface area contributed by atoms with Gasteiger partial charge >= 0.3 is 11.9 Å². The number of aromatic amines is 1. The smallest absolute Gasteiger partial charge is 0.354 e. The van der Waals surface area contributed by atoms with Crippen molar-refractivity contribution in [2.75, 3.05) is 7.11 Å². The van der Waals surface area contributed by atoms with Crippen LogP contribution < -0.4 is 5.56 Å². The van der Waals surface area contributed by atoms with Gasteiger partial charge in [0.25, 0.3) is 0 Å². The van der Waals surface area contributed by atoms with Gasteiger partial charge in [0, 0.05) is 6.07 Å². The molecule has 0 aliphatic rings. The molecule has 0 radical (unpaired) electrons. The summed E-state index contributed by atoms with van der Waals surface area (Å²) >= 11 is 0. The summed E-state index contributed by atoms with van der Waals surface area (Å²) in [5.41, 5.74) is -1.10. The summed E-state index contributed by atoms with van der Waals surface area (Å²) in [6.45, 7) is 0. The first-order chi connectivity index (χ1) is 6.54. The van der Waals surface area contributed by atoms with Crippen molar-refractivity contribution >= 4 is 11.9 Å². The molecule has 0 atom stereocenters. The van der Waals surface area contributed by atoms with Crippen molar-refractivity contribution in [3.8, 4) is 0 Å². The van der Waals surface area contributed by atoms with Gasteiger partial charge < -0.3 is 14.8 Å². The number of pyridine rings is 1. The molecule has 0 aliphatic heterocycles. The van der Waals surface area contributed by atoms with Gasteiger partial charge in [0.1, 0.15) is 5.69 Å². The highest BCUT2D eigenvalue weighted by atomic mass is 16.5. The van der Waals surface area contributed by atoms with E-state index in [1.54, 1.807) is 0 Å². The number of aromatic carboxylic acids is 1. The fourth-order valence-corrected chi connectivity index (χ4v) is 0.887. The monoisotopic (exact) mass is 197 g/mol.